The van der Waals surface area contributed by atoms with Crippen LogP contribution in [0, 0.1) is 0 Å². The van der Waals surface area contributed by atoms with Crippen molar-refractivity contribution in [3.05, 3.63) is 12.3 Å². The largest absolute Gasteiger partial charge is 0.461 e. The van der Waals surface area contributed by atoms with Crippen LogP contribution in [0.1, 0.15) is 26.7 Å². The van der Waals surface area contributed by atoms with Gasteiger partial charge in [-0.3, -0.25) is 4.79 Å². The highest BCUT2D eigenvalue weighted by Crippen LogP contribution is 1.93. The maximum Gasteiger partial charge on any atom is 0.354 e. The first-order valence-corrected chi connectivity index (χ1v) is 4.21. The lowest BCUT2D eigenvalue weighted by atomic mass is 10.4. The second-order valence-electron chi connectivity index (χ2n) is 2.65. The fraction of sp³-hybridized carbons (Fsp3) is 0.556. The second-order valence-corrected chi connectivity index (χ2v) is 2.65. The van der Waals surface area contributed by atoms with E-state index >= 15 is 0 Å². The molecule has 0 heterocycles. The quantitative estimate of drug-likeness (QED) is 0.394. The van der Waals surface area contributed by atoms with Gasteiger partial charge in [-0.2, -0.15) is 0 Å². The summed E-state index contributed by atoms with van der Waals surface area (Å²) in [7, 11) is 0. The summed E-state index contributed by atoms with van der Waals surface area (Å²) in [5, 5.41) is 2.26. The van der Waals surface area contributed by atoms with E-state index in [1.54, 1.807) is 0 Å². The average Bonchev–Trinajstić information content (AvgIpc) is 2.03. The number of rotatable bonds is 5. The molecule has 0 rings (SSSR count). The summed E-state index contributed by atoms with van der Waals surface area (Å²) >= 11 is 0. The van der Waals surface area contributed by atoms with E-state index in [1.165, 1.54) is 6.92 Å². The zero-order valence-electron chi connectivity index (χ0n) is 8.05. The number of hydrogen-bond acceptors (Lipinski definition) is 3. The van der Waals surface area contributed by atoms with Gasteiger partial charge in [-0.1, -0.05) is 19.9 Å². The minimum absolute atomic E-state index is 0.0106. The Balaban J connectivity index is 3.70. The van der Waals surface area contributed by atoms with Crippen LogP contribution in [-0.4, -0.2) is 18.5 Å². The number of amides is 1. The summed E-state index contributed by atoms with van der Waals surface area (Å²) in [4.78, 5) is 21.5. The van der Waals surface area contributed by atoms with Crippen molar-refractivity contribution in [2.75, 3.05) is 6.61 Å². The van der Waals surface area contributed by atoms with Gasteiger partial charge in [0.05, 0.1) is 6.61 Å². The average molecular weight is 185 g/mol. The highest BCUT2D eigenvalue weighted by Gasteiger charge is 2.08. The third-order valence-electron chi connectivity index (χ3n) is 1.30. The molecule has 4 heteroatoms. The van der Waals surface area contributed by atoms with E-state index in [1.807, 2.05) is 6.92 Å². The highest BCUT2D eigenvalue weighted by atomic mass is 16.5. The molecule has 0 aliphatic heterocycles. The standard InChI is InChI=1S/C9H15NO3/c1-4-5-6-13-9(12)7(2)10-8(3)11/h2,4-6H2,1,3H3,(H,10,11). The first-order chi connectivity index (χ1) is 6.07. The van der Waals surface area contributed by atoms with Gasteiger partial charge in [0, 0.05) is 6.92 Å². The van der Waals surface area contributed by atoms with Crippen molar-refractivity contribution < 1.29 is 14.3 Å². The molecule has 0 bridgehead atoms. The predicted octanol–water partition coefficient (Wildman–Crippen LogP) is 0.980. The molecule has 74 valence electrons. The van der Waals surface area contributed by atoms with E-state index < -0.39 is 5.97 Å². The van der Waals surface area contributed by atoms with E-state index in [0.717, 1.165) is 12.8 Å². The van der Waals surface area contributed by atoms with Gasteiger partial charge in [-0.05, 0) is 6.42 Å². The Bertz CT molecular complexity index is 211. The number of carbonyl (C=O) groups excluding carboxylic acids is 2. The number of unbranched alkanes of at least 4 members (excludes halogenated alkanes) is 1. The molecule has 0 radical (unpaired) electrons. The molecule has 0 atom stereocenters. The molecule has 0 saturated heterocycles. The number of nitrogens with one attached hydrogen (secondary N) is 1. The lowest BCUT2D eigenvalue weighted by Crippen LogP contribution is -2.25. The monoisotopic (exact) mass is 185 g/mol. The fourth-order valence-electron chi connectivity index (χ4n) is 0.660. The molecular formula is C9H15NO3. The summed E-state index contributed by atoms with van der Waals surface area (Å²) in [5.74, 6) is -0.888. The van der Waals surface area contributed by atoms with Crippen molar-refractivity contribution in [1.29, 1.82) is 0 Å². The highest BCUT2D eigenvalue weighted by molar-refractivity contribution is 5.92. The van der Waals surface area contributed by atoms with Crippen molar-refractivity contribution in [3.8, 4) is 0 Å². The molecule has 0 aromatic rings. The van der Waals surface area contributed by atoms with Gasteiger partial charge >= 0.3 is 5.97 Å². The van der Waals surface area contributed by atoms with Crippen LogP contribution in [0.4, 0.5) is 0 Å². The number of ether oxygens (including phenoxy) is 1. The van der Waals surface area contributed by atoms with Crippen LogP contribution < -0.4 is 5.32 Å². The lowest BCUT2D eigenvalue weighted by Gasteiger charge is -2.05. The lowest BCUT2D eigenvalue weighted by molar-refractivity contribution is -0.140. The molecule has 1 amide bonds. The smallest absolute Gasteiger partial charge is 0.354 e. The molecule has 0 aromatic carbocycles. The van der Waals surface area contributed by atoms with E-state index in [0.29, 0.717) is 6.61 Å². The zero-order valence-corrected chi connectivity index (χ0v) is 8.05. The van der Waals surface area contributed by atoms with Gasteiger partial charge in [0.25, 0.3) is 0 Å². The molecular weight excluding hydrogens is 170 g/mol. The Labute approximate surface area is 78.0 Å². The van der Waals surface area contributed by atoms with Crippen LogP contribution in [0.5, 0.6) is 0 Å². The second kappa shape index (κ2) is 6.22. The third kappa shape index (κ3) is 5.90. The van der Waals surface area contributed by atoms with Gasteiger partial charge in [-0.25, -0.2) is 4.79 Å². The first-order valence-electron chi connectivity index (χ1n) is 4.21. The van der Waals surface area contributed by atoms with Gasteiger partial charge in [0.15, 0.2) is 0 Å². The molecule has 0 spiro atoms. The Morgan fingerprint density at radius 1 is 1.46 bits per heavy atom. The van der Waals surface area contributed by atoms with E-state index in [4.69, 9.17) is 4.74 Å². The van der Waals surface area contributed by atoms with Gasteiger partial charge in [0.1, 0.15) is 5.70 Å². The third-order valence-corrected chi connectivity index (χ3v) is 1.30. The maximum atomic E-state index is 11.0. The SMILES string of the molecule is C=C(NC(C)=O)C(=O)OCCCC. The van der Waals surface area contributed by atoms with E-state index in [2.05, 4.69) is 11.9 Å². The van der Waals surface area contributed by atoms with E-state index in [-0.39, 0.29) is 11.6 Å². The van der Waals surface area contributed by atoms with Crippen LogP contribution >= 0.6 is 0 Å². The Morgan fingerprint density at radius 2 is 2.08 bits per heavy atom. The molecule has 0 aliphatic carbocycles. The molecule has 0 aliphatic rings. The Kier molecular flexibility index (Phi) is 5.59. The van der Waals surface area contributed by atoms with Crippen LogP contribution in [0.15, 0.2) is 12.3 Å². The number of carbonyl (C=O) groups is 2. The number of hydrogen-bond donors (Lipinski definition) is 1. The summed E-state index contributed by atoms with van der Waals surface area (Å²) in [6.07, 6.45) is 1.78. The van der Waals surface area contributed by atoms with E-state index in [9.17, 15) is 9.59 Å². The maximum absolute atomic E-state index is 11.0. The predicted molar refractivity (Wildman–Crippen MR) is 48.8 cm³/mol. The molecule has 0 saturated carbocycles. The first kappa shape index (κ1) is 11.7. The molecule has 0 aromatic heterocycles. The Morgan fingerprint density at radius 3 is 2.54 bits per heavy atom. The van der Waals surface area contributed by atoms with Crippen molar-refractivity contribution in [1.82, 2.24) is 5.32 Å². The normalized spacial score (nSPS) is 9.08. The van der Waals surface area contributed by atoms with Crippen LogP contribution in [0.2, 0.25) is 0 Å². The number of esters is 1. The minimum Gasteiger partial charge on any atom is -0.461 e. The summed E-state index contributed by atoms with van der Waals surface area (Å²) in [6.45, 7) is 7.04. The zero-order chi connectivity index (χ0) is 10.3. The van der Waals surface area contributed by atoms with Crippen molar-refractivity contribution in [3.63, 3.8) is 0 Å². The fourth-order valence-corrected chi connectivity index (χ4v) is 0.660. The molecule has 0 fully saturated rings. The Hall–Kier alpha value is -1.32. The van der Waals surface area contributed by atoms with Crippen molar-refractivity contribution in [2.45, 2.75) is 26.7 Å². The summed E-state index contributed by atoms with van der Waals surface area (Å²) in [5.41, 5.74) is -0.0106. The summed E-state index contributed by atoms with van der Waals surface area (Å²) < 4.78 is 4.79. The van der Waals surface area contributed by atoms with Gasteiger partial charge < -0.3 is 10.1 Å². The van der Waals surface area contributed by atoms with Crippen molar-refractivity contribution in [2.24, 2.45) is 0 Å². The topological polar surface area (TPSA) is 55.4 Å². The minimum atomic E-state index is -0.566. The van der Waals surface area contributed by atoms with Crippen LogP contribution in [-0.2, 0) is 14.3 Å². The molecule has 0 unspecified atom stereocenters. The molecule has 13 heavy (non-hydrogen) atoms. The molecule has 4 nitrogen and oxygen atoms in total. The van der Waals surface area contributed by atoms with Crippen LogP contribution in [0.3, 0.4) is 0 Å². The summed E-state index contributed by atoms with van der Waals surface area (Å²) in [6, 6.07) is 0. The van der Waals surface area contributed by atoms with Gasteiger partial charge in [0.2, 0.25) is 5.91 Å². The van der Waals surface area contributed by atoms with Crippen molar-refractivity contribution >= 4 is 11.9 Å². The van der Waals surface area contributed by atoms with Crippen LogP contribution in [0.25, 0.3) is 0 Å². The van der Waals surface area contributed by atoms with Gasteiger partial charge in [-0.15, -0.1) is 0 Å². The molecule has 1 N–H and O–H groups in total.